The smallest absolute Gasteiger partial charge is 0.303 e. The van der Waals surface area contributed by atoms with Crippen LogP contribution in [0.5, 0.6) is 0 Å². The molecule has 0 radical (unpaired) electrons. The van der Waals surface area contributed by atoms with E-state index in [9.17, 15) is 4.79 Å². The van der Waals surface area contributed by atoms with Crippen molar-refractivity contribution in [3.05, 3.63) is 34.9 Å². The Kier molecular flexibility index (Phi) is 5.86. The fraction of sp³-hybridized carbons (Fsp3) is 0.562. The second-order valence-corrected chi connectivity index (χ2v) is 5.96. The first kappa shape index (κ1) is 15.3. The normalized spacial score (nSPS) is 17.2. The van der Waals surface area contributed by atoms with Crippen LogP contribution in [-0.4, -0.2) is 17.6 Å². The Morgan fingerprint density at radius 2 is 1.95 bits per heavy atom. The Balaban J connectivity index is 1.97. The molecule has 1 saturated carbocycles. The van der Waals surface area contributed by atoms with Gasteiger partial charge in [0.15, 0.2) is 0 Å². The minimum atomic E-state index is -0.726. The molecule has 0 aromatic heterocycles. The van der Waals surface area contributed by atoms with Crippen LogP contribution < -0.4 is 5.32 Å². The van der Waals surface area contributed by atoms with Crippen LogP contribution in [0.1, 0.15) is 50.1 Å². The number of rotatable bonds is 7. The van der Waals surface area contributed by atoms with Gasteiger partial charge in [-0.05, 0) is 49.4 Å². The van der Waals surface area contributed by atoms with E-state index in [1.54, 1.807) is 0 Å². The highest BCUT2D eigenvalue weighted by atomic mass is 35.5. The van der Waals surface area contributed by atoms with Gasteiger partial charge in [-0.25, -0.2) is 0 Å². The van der Waals surface area contributed by atoms with E-state index in [0.29, 0.717) is 18.4 Å². The van der Waals surface area contributed by atoms with Gasteiger partial charge in [-0.15, -0.1) is 0 Å². The van der Waals surface area contributed by atoms with E-state index in [1.807, 2.05) is 12.1 Å². The molecule has 2 N–H and O–H groups in total. The van der Waals surface area contributed by atoms with Gasteiger partial charge in [0, 0.05) is 17.5 Å². The molecule has 2 rings (SSSR count). The van der Waals surface area contributed by atoms with Crippen molar-refractivity contribution in [2.75, 3.05) is 6.54 Å². The zero-order valence-electron chi connectivity index (χ0n) is 11.6. The average Bonchev–Trinajstić information content (AvgIpc) is 2.94. The van der Waals surface area contributed by atoms with Crippen molar-refractivity contribution in [2.45, 2.75) is 44.6 Å². The number of hydrogen-bond donors (Lipinski definition) is 2. The summed E-state index contributed by atoms with van der Waals surface area (Å²) in [6.07, 6.45) is 5.99. The monoisotopic (exact) mass is 295 g/mol. The van der Waals surface area contributed by atoms with Crippen molar-refractivity contribution < 1.29 is 9.90 Å². The van der Waals surface area contributed by atoms with E-state index in [0.717, 1.165) is 11.6 Å². The zero-order valence-corrected chi connectivity index (χ0v) is 12.4. The first-order valence-corrected chi connectivity index (χ1v) is 7.75. The van der Waals surface area contributed by atoms with E-state index in [4.69, 9.17) is 16.7 Å². The standard InChI is InChI=1S/C16H22ClNO2/c17-14-9-7-13(8-10-14)16(12-4-1-2-5-12)18-11-3-6-15(19)20/h7-10,12,16,18H,1-6,11H2,(H,19,20). The molecule has 3 nitrogen and oxygen atoms in total. The Morgan fingerprint density at radius 3 is 2.55 bits per heavy atom. The van der Waals surface area contributed by atoms with Gasteiger partial charge in [-0.2, -0.15) is 0 Å². The summed E-state index contributed by atoms with van der Waals surface area (Å²) in [5.41, 5.74) is 1.26. The molecule has 4 heteroatoms. The van der Waals surface area contributed by atoms with Gasteiger partial charge in [0.2, 0.25) is 0 Å². The van der Waals surface area contributed by atoms with Gasteiger partial charge < -0.3 is 10.4 Å². The maximum absolute atomic E-state index is 10.6. The van der Waals surface area contributed by atoms with Crippen LogP contribution in [-0.2, 0) is 4.79 Å². The third-order valence-corrected chi connectivity index (χ3v) is 4.28. The maximum atomic E-state index is 10.6. The lowest BCUT2D eigenvalue weighted by Crippen LogP contribution is -2.28. The molecule has 0 amide bonds. The molecule has 1 aliphatic rings. The maximum Gasteiger partial charge on any atom is 0.303 e. The minimum absolute atomic E-state index is 0.227. The van der Waals surface area contributed by atoms with E-state index >= 15 is 0 Å². The van der Waals surface area contributed by atoms with E-state index in [-0.39, 0.29) is 6.42 Å². The van der Waals surface area contributed by atoms with Crippen LogP contribution in [0.4, 0.5) is 0 Å². The summed E-state index contributed by atoms with van der Waals surface area (Å²) in [7, 11) is 0. The van der Waals surface area contributed by atoms with Gasteiger partial charge in [-0.3, -0.25) is 4.79 Å². The summed E-state index contributed by atoms with van der Waals surface area (Å²) < 4.78 is 0. The molecule has 1 fully saturated rings. The van der Waals surface area contributed by atoms with Crippen molar-refractivity contribution in [1.29, 1.82) is 0 Å². The molecule has 1 aliphatic carbocycles. The molecule has 0 bridgehead atoms. The highest BCUT2D eigenvalue weighted by Gasteiger charge is 2.25. The molecule has 110 valence electrons. The van der Waals surface area contributed by atoms with Crippen LogP contribution in [0.25, 0.3) is 0 Å². The summed E-state index contributed by atoms with van der Waals surface area (Å²) in [5, 5.41) is 13.0. The highest BCUT2D eigenvalue weighted by molar-refractivity contribution is 6.30. The van der Waals surface area contributed by atoms with E-state index < -0.39 is 5.97 Å². The summed E-state index contributed by atoms with van der Waals surface area (Å²) in [6.45, 7) is 0.746. The molecule has 20 heavy (non-hydrogen) atoms. The predicted octanol–water partition coefficient (Wildman–Crippen LogP) is 4.03. The van der Waals surface area contributed by atoms with Crippen LogP contribution in [0, 0.1) is 5.92 Å². The number of carboxylic acids is 1. The molecule has 1 unspecified atom stereocenters. The number of benzene rings is 1. The summed E-state index contributed by atoms with van der Waals surface area (Å²) in [5.74, 6) is -0.0725. The quantitative estimate of drug-likeness (QED) is 0.747. The lowest BCUT2D eigenvalue weighted by atomic mass is 9.91. The topological polar surface area (TPSA) is 49.3 Å². The minimum Gasteiger partial charge on any atom is -0.481 e. The Hall–Kier alpha value is -1.06. The van der Waals surface area contributed by atoms with Gasteiger partial charge in [0.05, 0.1) is 0 Å². The number of aliphatic carboxylic acids is 1. The fourth-order valence-corrected chi connectivity index (χ4v) is 3.14. The van der Waals surface area contributed by atoms with Crippen LogP contribution >= 0.6 is 11.6 Å². The third kappa shape index (κ3) is 4.50. The summed E-state index contributed by atoms with van der Waals surface area (Å²) in [4.78, 5) is 10.6. The molecule has 0 spiro atoms. The third-order valence-electron chi connectivity index (χ3n) is 4.03. The predicted molar refractivity (Wildman–Crippen MR) is 81.0 cm³/mol. The second-order valence-electron chi connectivity index (χ2n) is 5.53. The number of halogens is 1. The van der Waals surface area contributed by atoms with E-state index in [2.05, 4.69) is 17.4 Å². The molecular weight excluding hydrogens is 274 g/mol. The van der Waals surface area contributed by atoms with Crippen LogP contribution in [0.2, 0.25) is 5.02 Å². The largest absolute Gasteiger partial charge is 0.481 e. The van der Waals surface area contributed by atoms with Gasteiger partial charge >= 0.3 is 5.97 Å². The first-order valence-electron chi connectivity index (χ1n) is 7.37. The van der Waals surface area contributed by atoms with Crippen LogP contribution in [0.3, 0.4) is 0 Å². The number of hydrogen-bond acceptors (Lipinski definition) is 2. The lowest BCUT2D eigenvalue weighted by Gasteiger charge is -2.25. The summed E-state index contributed by atoms with van der Waals surface area (Å²) in [6, 6.07) is 8.34. The molecule has 1 atom stereocenters. The SMILES string of the molecule is O=C(O)CCCNC(c1ccc(Cl)cc1)C1CCCC1. The van der Waals surface area contributed by atoms with E-state index in [1.165, 1.54) is 31.2 Å². The Morgan fingerprint density at radius 1 is 1.30 bits per heavy atom. The molecule has 0 aliphatic heterocycles. The highest BCUT2D eigenvalue weighted by Crippen LogP contribution is 2.36. The fourth-order valence-electron chi connectivity index (χ4n) is 3.01. The van der Waals surface area contributed by atoms with Crippen LogP contribution in [0.15, 0.2) is 24.3 Å². The number of carboxylic acid groups (broad SMARTS) is 1. The zero-order chi connectivity index (χ0) is 14.4. The van der Waals surface area contributed by atoms with Crippen molar-refractivity contribution in [1.82, 2.24) is 5.32 Å². The van der Waals surface area contributed by atoms with Crippen molar-refractivity contribution in [2.24, 2.45) is 5.92 Å². The van der Waals surface area contributed by atoms with Crippen molar-refractivity contribution in [3.8, 4) is 0 Å². The Labute approximate surface area is 125 Å². The molecule has 0 heterocycles. The second kappa shape index (κ2) is 7.65. The Bertz CT molecular complexity index is 427. The summed E-state index contributed by atoms with van der Waals surface area (Å²) >= 11 is 5.95. The van der Waals surface area contributed by atoms with Gasteiger partial charge in [0.25, 0.3) is 0 Å². The molecule has 1 aromatic rings. The molecule has 1 aromatic carbocycles. The first-order chi connectivity index (χ1) is 9.66. The lowest BCUT2D eigenvalue weighted by molar-refractivity contribution is -0.137. The van der Waals surface area contributed by atoms with Crippen molar-refractivity contribution >= 4 is 17.6 Å². The number of nitrogens with one attached hydrogen (secondary N) is 1. The van der Waals surface area contributed by atoms with Gasteiger partial charge in [-0.1, -0.05) is 36.6 Å². The molecular formula is C16H22ClNO2. The molecule has 0 saturated heterocycles. The van der Waals surface area contributed by atoms with Crippen molar-refractivity contribution in [3.63, 3.8) is 0 Å². The average molecular weight is 296 g/mol. The van der Waals surface area contributed by atoms with Gasteiger partial charge in [0.1, 0.15) is 0 Å². The number of carbonyl (C=O) groups is 1.